The Morgan fingerprint density at radius 1 is 0.967 bits per heavy atom. The summed E-state index contributed by atoms with van der Waals surface area (Å²) in [5.74, 6) is 2.15. The van der Waals surface area contributed by atoms with Crippen molar-refractivity contribution < 1.29 is 17.9 Å². The van der Waals surface area contributed by atoms with Crippen LogP contribution < -0.4 is 20.1 Å². The van der Waals surface area contributed by atoms with Gasteiger partial charge in [0.2, 0.25) is 0 Å². The van der Waals surface area contributed by atoms with E-state index in [0.29, 0.717) is 37.0 Å². The molecule has 30 heavy (non-hydrogen) atoms. The molecule has 2 N–H and O–H groups in total. The number of halogens is 1. The van der Waals surface area contributed by atoms with Gasteiger partial charge in [-0.1, -0.05) is 36.4 Å². The summed E-state index contributed by atoms with van der Waals surface area (Å²) in [6, 6.07) is 14.9. The van der Waals surface area contributed by atoms with E-state index < -0.39 is 9.84 Å². The van der Waals surface area contributed by atoms with E-state index in [2.05, 4.69) is 15.6 Å². The lowest BCUT2D eigenvalue weighted by atomic mass is 10.2. The molecular formula is C21H30IN3O4S. The normalized spacial score (nSPS) is 11.4. The smallest absolute Gasteiger partial charge is 0.191 e. The molecular weight excluding hydrogens is 517 g/mol. The maximum absolute atomic E-state index is 12.2. The summed E-state index contributed by atoms with van der Waals surface area (Å²) in [6.07, 6.45) is 0.506. The van der Waals surface area contributed by atoms with Crippen LogP contribution in [0.15, 0.2) is 53.5 Å². The number of sulfone groups is 1. The Bertz CT molecular complexity index is 906. The zero-order chi connectivity index (χ0) is 21.1. The number of hydrogen-bond acceptors (Lipinski definition) is 5. The molecule has 2 rings (SSSR count). The Hall–Kier alpha value is -2.01. The summed E-state index contributed by atoms with van der Waals surface area (Å²) in [5, 5.41) is 6.35. The van der Waals surface area contributed by atoms with Crippen LogP contribution >= 0.6 is 24.0 Å². The second-order valence-corrected chi connectivity index (χ2v) is 8.66. The lowest BCUT2D eigenvalue weighted by Crippen LogP contribution is -2.37. The van der Waals surface area contributed by atoms with Gasteiger partial charge < -0.3 is 20.1 Å². The molecule has 0 spiro atoms. The third-order valence-corrected chi connectivity index (χ3v) is 5.97. The van der Waals surface area contributed by atoms with E-state index in [1.165, 1.54) is 0 Å². The number of rotatable bonds is 10. The first-order valence-electron chi connectivity index (χ1n) is 9.37. The molecule has 0 aliphatic carbocycles. The second kappa shape index (κ2) is 13.3. The predicted octanol–water partition coefficient (Wildman–Crippen LogP) is 2.99. The first-order valence-corrected chi connectivity index (χ1v) is 11.2. The Kier molecular flexibility index (Phi) is 11.6. The number of methoxy groups -OCH3 is 2. The fourth-order valence-corrected chi connectivity index (χ4v) is 4.23. The quantitative estimate of drug-likeness (QED) is 0.206. The number of ether oxygens (including phenoxy) is 2. The minimum absolute atomic E-state index is 0. The molecule has 9 heteroatoms. The minimum atomic E-state index is -3.13. The van der Waals surface area contributed by atoms with E-state index in [9.17, 15) is 8.42 Å². The average molecular weight is 547 g/mol. The summed E-state index contributed by atoms with van der Waals surface area (Å²) >= 11 is 0. The first kappa shape index (κ1) is 26.0. The van der Waals surface area contributed by atoms with Crippen molar-refractivity contribution in [2.24, 2.45) is 4.99 Å². The van der Waals surface area contributed by atoms with Crippen molar-refractivity contribution in [3.8, 4) is 11.5 Å². The Morgan fingerprint density at radius 2 is 1.67 bits per heavy atom. The third-order valence-electron chi connectivity index (χ3n) is 4.29. The highest BCUT2D eigenvalue weighted by Crippen LogP contribution is 2.27. The maximum Gasteiger partial charge on any atom is 0.191 e. The molecule has 0 bridgehead atoms. The third kappa shape index (κ3) is 8.78. The molecule has 0 aliphatic heterocycles. The van der Waals surface area contributed by atoms with Gasteiger partial charge in [0.15, 0.2) is 27.3 Å². The van der Waals surface area contributed by atoms with Crippen LogP contribution in [0.3, 0.4) is 0 Å². The predicted molar refractivity (Wildman–Crippen MR) is 132 cm³/mol. The van der Waals surface area contributed by atoms with Gasteiger partial charge in [-0.05, 0) is 29.7 Å². The van der Waals surface area contributed by atoms with Crippen LogP contribution in [0, 0.1) is 0 Å². The van der Waals surface area contributed by atoms with Crippen molar-refractivity contribution in [1.29, 1.82) is 0 Å². The highest BCUT2D eigenvalue weighted by molar-refractivity contribution is 14.0. The molecule has 0 saturated heterocycles. The molecule has 0 atom stereocenters. The van der Waals surface area contributed by atoms with Gasteiger partial charge in [-0.2, -0.15) is 0 Å². The van der Waals surface area contributed by atoms with Gasteiger partial charge in [0.25, 0.3) is 0 Å². The van der Waals surface area contributed by atoms with Crippen LogP contribution in [0.1, 0.15) is 17.5 Å². The van der Waals surface area contributed by atoms with E-state index in [0.717, 1.165) is 11.1 Å². The standard InChI is InChI=1S/C21H29N3O4S.HI/c1-22-21(24-15-18-10-11-19(27-2)20(14-18)28-3)23-12-7-13-29(25,26)16-17-8-5-4-6-9-17;/h4-6,8-11,14H,7,12-13,15-16H2,1-3H3,(H2,22,23,24);1H. The van der Waals surface area contributed by atoms with Gasteiger partial charge in [0, 0.05) is 20.1 Å². The zero-order valence-corrected chi connectivity index (χ0v) is 20.7. The number of benzene rings is 2. The Balaban J connectivity index is 0.00000450. The maximum atomic E-state index is 12.2. The molecule has 0 aromatic heterocycles. The van der Waals surface area contributed by atoms with Crippen LogP contribution in [0.5, 0.6) is 11.5 Å². The fourth-order valence-electron chi connectivity index (χ4n) is 2.80. The van der Waals surface area contributed by atoms with Gasteiger partial charge in [0.1, 0.15) is 0 Å². The monoisotopic (exact) mass is 547 g/mol. The van der Waals surface area contributed by atoms with Gasteiger partial charge >= 0.3 is 0 Å². The summed E-state index contributed by atoms with van der Waals surface area (Å²) in [6.45, 7) is 1.06. The van der Waals surface area contributed by atoms with Crippen LogP contribution in [0.2, 0.25) is 0 Å². The first-order chi connectivity index (χ1) is 14.0. The van der Waals surface area contributed by atoms with Crippen molar-refractivity contribution in [2.75, 3.05) is 33.6 Å². The largest absolute Gasteiger partial charge is 0.493 e. The number of guanidine groups is 1. The molecule has 7 nitrogen and oxygen atoms in total. The minimum Gasteiger partial charge on any atom is -0.493 e. The van der Waals surface area contributed by atoms with Crippen molar-refractivity contribution >= 4 is 39.8 Å². The van der Waals surface area contributed by atoms with Crippen LogP contribution in [-0.2, 0) is 22.1 Å². The van der Waals surface area contributed by atoms with Crippen LogP contribution in [0.4, 0.5) is 0 Å². The molecule has 0 amide bonds. The molecule has 166 valence electrons. The van der Waals surface area contributed by atoms with E-state index in [1.807, 2.05) is 48.5 Å². The van der Waals surface area contributed by atoms with Crippen molar-refractivity contribution in [3.05, 3.63) is 59.7 Å². The fraction of sp³-hybridized carbons (Fsp3) is 0.381. The van der Waals surface area contributed by atoms with E-state index in [1.54, 1.807) is 21.3 Å². The molecule has 0 unspecified atom stereocenters. The molecule has 2 aromatic carbocycles. The van der Waals surface area contributed by atoms with Crippen molar-refractivity contribution in [1.82, 2.24) is 10.6 Å². The lowest BCUT2D eigenvalue weighted by molar-refractivity contribution is 0.354. The number of aliphatic imine (C=N–C) groups is 1. The number of nitrogens with one attached hydrogen (secondary N) is 2. The van der Waals surface area contributed by atoms with Gasteiger partial charge in [-0.3, -0.25) is 4.99 Å². The Morgan fingerprint density at radius 3 is 2.30 bits per heavy atom. The molecule has 2 aromatic rings. The molecule has 0 saturated carbocycles. The summed E-state index contributed by atoms with van der Waals surface area (Å²) in [7, 11) is 1.74. The SMILES string of the molecule is CN=C(NCCCS(=O)(=O)Cc1ccccc1)NCc1ccc(OC)c(OC)c1.I. The van der Waals surface area contributed by atoms with Gasteiger partial charge in [-0.15, -0.1) is 24.0 Å². The summed E-state index contributed by atoms with van der Waals surface area (Å²) in [5.41, 5.74) is 1.82. The number of nitrogens with zero attached hydrogens (tertiary/aromatic N) is 1. The number of hydrogen-bond donors (Lipinski definition) is 2. The lowest BCUT2D eigenvalue weighted by Gasteiger charge is -2.13. The molecule has 0 fully saturated rings. The molecule has 0 heterocycles. The Labute approximate surface area is 196 Å². The highest BCUT2D eigenvalue weighted by atomic mass is 127. The molecule has 0 aliphatic rings. The zero-order valence-electron chi connectivity index (χ0n) is 17.6. The summed E-state index contributed by atoms with van der Waals surface area (Å²) in [4.78, 5) is 4.17. The van der Waals surface area contributed by atoms with Crippen LogP contribution in [0.25, 0.3) is 0 Å². The van der Waals surface area contributed by atoms with Crippen molar-refractivity contribution in [3.63, 3.8) is 0 Å². The topological polar surface area (TPSA) is 89.0 Å². The van der Waals surface area contributed by atoms with Crippen molar-refractivity contribution in [2.45, 2.75) is 18.7 Å². The van der Waals surface area contributed by atoms with Gasteiger partial charge in [-0.25, -0.2) is 8.42 Å². The van der Waals surface area contributed by atoms with Crippen LogP contribution in [-0.4, -0.2) is 47.9 Å². The van der Waals surface area contributed by atoms with E-state index in [4.69, 9.17) is 9.47 Å². The highest BCUT2D eigenvalue weighted by Gasteiger charge is 2.11. The second-order valence-electron chi connectivity index (χ2n) is 6.47. The molecule has 0 radical (unpaired) electrons. The summed E-state index contributed by atoms with van der Waals surface area (Å²) < 4.78 is 35.0. The van der Waals surface area contributed by atoms with Gasteiger partial charge in [0.05, 0.1) is 25.7 Å². The average Bonchev–Trinajstić information content (AvgIpc) is 2.73. The van der Waals surface area contributed by atoms with E-state index >= 15 is 0 Å². The van der Waals surface area contributed by atoms with E-state index in [-0.39, 0.29) is 35.5 Å².